The highest BCUT2D eigenvalue weighted by Crippen LogP contribution is 2.44. The van der Waals surface area contributed by atoms with E-state index in [0.29, 0.717) is 33.8 Å². The van der Waals surface area contributed by atoms with Crippen molar-refractivity contribution in [2.45, 2.75) is 12.5 Å². The largest absolute Gasteiger partial charge is 0.459 e. The van der Waals surface area contributed by atoms with Gasteiger partial charge in [0.1, 0.15) is 35.5 Å². The van der Waals surface area contributed by atoms with Crippen LogP contribution < -0.4 is 10.5 Å². The van der Waals surface area contributed by atoms with Crippen LogP contribution >= 0.6 is 15.9 Å². The summed E-state index contributed by atoms with van der Waals surface area (Å²) in [4.78, 5) is 24.8. The Bertz CT molecular complexity index is 1350. The standard InChI is InChI=1S/C22H15BrFN5O2/c23-13-3-6-17-15(7-13)16(9-30)19(12-1-4-14(24)5-2-12)18(31-17)8-29-11-28-20-21(25)26-10-27-22(20)29/h1-7,9-11,16H,8H2,(H2,25,26,27). The number of nitrogens with zero attached hydrogens (tertiary/aromatic N) is 4. The quantitative estimate of drug-likeness (QED) is 0.442. The summed E-state index contributed by atoms with van der Waals surface area (Å²) >= 11 is 3.45. The first kappa shape index (κ1) is 19.4. The molecule has 5 rings (SSSR count). The third kappa shape index (κ3) is 3.36. The van der Waals surface area contributed by atoms with E-state index in [4.69, 9.17) is 10.5 Å². The van der Waals surface area contributed by atoms with Gasteiger partial charge >= 0.3 is 0 Å². The monoisotopic (exact) mass is 479 g/mol. The molecule has 7 nitrogen and oxygen atoms in total. The molecule has 1 aliphatic heterocycles. The van der Waals surface area contributed by atoms with Gasteiger partial charge in [0.2, 0.25) is 0 Å². The molecule has 2 aromatic carbocycles. The van der Waals surface area contributed by atoms with E-state index in [2.05, 4.69) is 30.9 Å². The third-order valence-corrected chi connectivity index (χ3v) is 5.68. The fourth-order valence-corrected chi connectivity index (χ4v) is 4.15. The molecule has 2 aromatic heterocycles. The number of aldehydes is 1. The van der Waals surface area contributed by atoms with Gasteiger partial charge in [-0.3, -0.25) is 0 Å². The van der Waals surface area contributed by atoms with Crippen molar-refractivity contribution >= 4 is 44.8 Å². The molecule has 0 spiro atoms. The predicted octanol–water partition coefficient (Wildman–Crippen LogP) is 4.10. The average Bonchev–Trinajstić information content (AvgIpc) is 3.18. The fourth-order valence-electron chi connectivity index (χ4n) is 3.77. The SMILES string of the molecule is Nc1ncnc2c1ncn2CC1=C(c2ccc(F)cc2)C(C=O)c2cc(Br)ccc2O1. The smallest absolute Gasteiger partial charge is 0.165 e. The first-order valence-corrected chi connectivity index (χ1v) is 10.2. The van der Waals surface area contributed by atoms with Crippen molar-refractivity contribution in [1.82, 2.24) is 19.5 Å². The maximum Gasteiger partial charge on any atom is 0.165 e. The molecular formula is C22H15BrFN5O2. The van der Waals surface area contributed by atoms with Crippen LogP contribution in [-0.4, -0.2) is 25.8 Å². The number of hydrogen-bond donors (Lipinski definition) is 1. The molecule has 0 amide bonds. The summed E-state index contributed by atoms with van der Waals surface area (Å²) in [6, 6.07) is 11.5. The van der Waals surface area contributed by atoms with E-state index in [-0.39, 0.29) is 18.2 Å². The first-order valence-electron chi connectivity index (χ1n) is 9.38. The molecule has 1 aliphatic rings. The van der Waals surface area contributed by atoms with Crippen LogP contribution in [0.3, 0.4) is 0 Å². The summed E-state index contributed by atoms with van der Waals surface area (Å²) in [6.07, 6.45) is 3.84. The number of imidazole rings is 1. The molecule has 1 unspecified atom stereocenters. The zero-order chi connectivity index (χ0) is 21.5. The van der Waals surface area contributed by atoms with E-state index in [1.807, 2.05) is 18.2 Å². The van der Waals surface area contributed by atoms with Crippen molar-refractivity contribution in [2.75, 3.05) is 5.73 Å². The lowest BCUT2D eigenvalue weighted by Crippen LogP contribution is -2.19. The van der Waals surface area contributed by atoms with Gasteiger partial charge < -0.3 is 19.8 Å². The molecule has 9 heteroatoms. The van der Waals surface area contributed by atoms with E-state index < -0.39 is 5.92 Å². The maximum atomic E-state index is 13.6. The number of carbonyl (C=O) groups is 1. The molecule has 0 bridgehead atoms. The van der Waals surface area contributed by atoms with Gasteiger partial charge in [0.25, 0.3) is 0 Å². The van der Waals surface area contributed by atoms with Crippen LogP contribution in [0.5, 0.6) is 5.75 Å². The number of carbonyl (C=O) groups excluding carboxylic acids is 1. The van der Waals surface area contributed by atoms with E-state index in [1.165, 1.54) is 18.5 Å². The van der Waals surface area contributed by atoms with Crippen molar-refractivity contribution in [3.05, 3.63) is 82.3 Å². The lowest BCUT2D eigenvalue weighted by Gasteiger charge is -2.28. The second kappa shape index (κ2) is 7.59. The molecule has 0 aliphatic carbocycles. The van der Waals surface area contributed by atoms with Gasteiger partial charge in [-0.05, 0) is 35.9 Å². The van der Waals surface area contributed by atoms with Crippen LogP contribution in [0.15, 0.2) is 65.4 Å². The van der Waals surface area contributed by atoms with Crippen molar-refractivity contribution in [3.8, 4) is 5.75 Å². The number of aromatic nitrogens is 4. The molecule has 1 atom stereocenters. The molecule has 31 heavy (non-hydrogen) atoms. The summed E-state index contributed by atoms with van der Waals surface area (Å²) in [6.45, 7) is 0.250. The van der Waals surface area contributed by atoms with Gasteiger partial charge in [-0.1, -0.05) is 28.1 Å². The van der Waals surface area contributed by atoms with E-state index in [9.17, 15) is 9.18 Å². The Morgan fingerprint density at radius 3 is 2.74 bits per heavy atom. The average molecular weight is 480 g/mol. The predicted molar refractivity (Wildman–Crippen MR) is 117 cm³/mol. The van der Waals surface area contributed by atoms with E-state index in [1.54, 1.807) is 23.0 Å². The molecular weight excluding hydrogens is 465 g/mol. The summed E-state index contributed by atoms with van der Waals surface area (Å²) in [5.74, 6) is 0.453. The van der Waals surface area contributed by atoms with Crippen molar-refractivity contribution < 1.29 is 13.9 Å². The van der Waals surface area contributed by atoms with E-state index >= 15 is 0 Å². The Labute approximate surface area is 184 Å². The Morgan fingerprint density at radius 2 is 1.97 bits per heavy atom. The Balaban J connectivity index is 1.69. The Morgan fingerprint density at radius 1 is 1.16 bits per heavy atom. The fraction of sp³-hybridized carbons (Fsp3) is 0.0909. The molecule has 154 valence electrons. The number of halogens is 2. The highest BCUT2D eigenvalue weighted by atomic mass is 79.9. The lowest BCUT2D eigenvalue weighted by atomic mass is 9.84. The van der Waals surface area contributed by atoms with Crippen molar-refractivity contribution in [3.63, 3.8) is 0 Å². The van der Waals surface area contributed by atoms with Gasteiger partial charge in [-0.2, -0.15) is 0 Å². The number of allylic oxidation sites excluding steroid dienone is 2. The zero-order valence-corrected chi connectivity index (χ0v) is 17.6. The number of nitrogens with two attached hydrogens (primary N) is 1. The van der Waals surface area contributed by atoms with Crippen LogP contribution in [0.2, 0.25) is 0 Å². The minimum Gasteiger partial charge on any atom is -0.459 e. The van der Waals surface area contributed by atoms with Gasteiger partial charge in [0.15, 0.2) is 11.5 Å². The van der Waals surface area contributed by atoms with Crippen LogP contribution in [0.4, 0.5) is 10.2 Å². The normalized spacial score (nSPS) is 15.6. The summed E-state index contributed by atoms with van der Waals surface area (Å²) in [7, 11) is 0. The lowest BCUT2D eigenvalue weighted by molar-refractivity contribution is -0.108. The number of hydrogen-bond acceptors (Lipinski definition) is 6. The molecule has 2 N–H and O–H groups in total. The first-order chi connectivity index (χ1) is 15.0. The Hall–Kier alpha value is -3.59. The van der Waals surface area contributed by atoms with E-state index in [0.717, 1.165) is 16.3 Å². The van der Waals surface area contributed by atoms with Crippen LogP contribution in [0.25, 0.3) is 16.7 Å². The second-order valence-electron chi connectivity index (χ2n) is 7.05. The minimum absolute atomic E-state index is 0.250. The van der Waals surface area contributed by atoms with Crippen LogP contribution in [0.1, 0.15) is 17.0 Å². The van der Waals surface area contributed by atoms with Gasteiger partial charge in [0.05, 0.1) is 18.8 Å². The molecule has 0 fully saturated rings. The maximum absolute atomic E-state index is 13.6. The third-order valence-electron chi connectivity index (χ3n) is 5.19. The van der Waals surface area contributed by atoms with Gasteiger partial charge in [-0.15, -0.1) is 0 Å². The van der Waals surface area contributed by atoms with Gasteiger partial charge in [-0.25, -0.2) is 19.3 Å². The zero-order valence-electron chi connectivity index (χ0n) is 16.0. The number of benzene rings is 2. The number of fused-ring (bicyclic) bond motifs is 2. The number of anilines is 1. The second-order valence-corrected chi connectivity index (χ2v) is 7.96. The summed E-state index contributed by atoms with van der Waals surface area (Å²) in [5.41, 5.74) is 9.01. The molecule has 0 radical (unpaired) electrons. The van der Waals surface area contributed by atoms with Crippen LogP contribution in [-0.2, 0) is 11.3 Å². The summed E-state index contributed by atoms with van der Waals surface area (Å²) in [5, 5.41) is 0. The highest BCUT2D eigenvalue weighted by Gasteiger charge is 2.31. The van der Waals surface area contributed by atoms with Crippen LogP contribution in [0, 0.1) is 5.82 Å². The molecule has 3 heterocycles. The number of ether oxygens (including phenoxy) is 1. The number of rotatable bonds is 4. The topological polar surface area (TPSA) is 95.9 Å². The minimum atomic E-state index is -0.587. The molecule has 4 aromatic rings. The number of nitrogen functional groups attached to an aromatic ring is 1. The molecule has 0 saturated heterocycles. The Kier molecular flexibility index (Phi) is 4.74. The molecule has 0 saturated carbocycles. The van der Waals surface area contributed by atoms with Crippen molar-refractivity contribution in [2.24, 2.45) is 0 Å². The van der Waals surface area contributed by atoms with Crippen molar-refractivity contribution in [1.29, 1.82) is 0 Å². The van der Waals surface area contributed by atoms with Gasteiger partial charge in [0, 0.05) is 15.6 Å². The highest BCUT2D eigenvalue weighted by molar-refractivity contribution is 9.10. The summed E-state index contributed by atoms with van der Waals surface area (Å²) < 4.78 is 22.4.